The number of hydrogen-bond acceptors (Lipinski definition) is 5. The highest BCUT2D eigenvalue weighted by Gasteiger charge is 2.18. The molecule has 0 aromatic rings. The van der Waals surface area contributed by atoms with E-state index in [0.29, 0.717) is 19.4 Å². The number of aliphatic hydroxyl groups excluding tert-OH is 2. The van der Waals surface area contributed by atoms with Gasteiger partial charge in [-0.15, -0.1) is 0 Å². The SMILES string of the molecule is CCCCCCCCC/C=C\CCCCCCCCCC(=O)OCCCCCCCCCCCCCCCCCCCC/C=C\CCCCCCCCCCCCCCCCCCCC(=O)NC(CO)C(O)/C=C/CCCCCCCCCCCCCCCCCC. The van der Waals surface area contributed by atoms with Gasteiger partial charge >= 0.3 is 5.97 Å². The third-order valence-corrected chi connectivity index (χ3v) is 19.9. The van der Waals surface area contributed by atoms with Gasteiger partial charge in [0, 0.05) is 12.8 Å². The summed E-state index contributed by atoms with van der Waals surface area (Å²) in [6.45, 7) is 4.95. The molecule has 0 aromatic carbocycles. The molecule has 0 saturated heterocycles. The lowest BCUT2D eigenvalue weighted by molar-refractivity contribution is -0.143. The molecule has 3 N–H and O–H groups in total. The van der Waals surface area contributed by atoms with Gasteiger partial charge in [0.2, 0.25) is 5.91 Å². The quantitative estimate of drug-likeness (QED) is 0.0320. The third kappa shape index (κ3) is 77.1. The molecule has 0 aliphatic carbocycles. The molecule has 0 aromatic heterocycles. The van der Waals surface area contributed by atoms with E-state index in [1.54, 1.807) is 6.08 Å². The van der Waals surface area contributed by atoms with E-state index < -0.39 is 12.1 Å². The maximum absolute atomic E-state index is 12.5. The van der Waals surface area contributed by atoms with Crippen LogP contribution in [-0.4, -0.2) is 47.4 Å². The second kappa shape index (κ2) is 81.5. The largest absolute Gasteiger partial charge is 0.466 e. The average Bonchev–Trinajstić information content (AvgIpc) is 3.61. The zero-order valence-electron chi connectivity index (χ0n) is 62.6. The molecule has 2 unspecified atom stereocenters. The Labute approximate surface area is 576 Å². The van der Waals surface area contributed by atoms with Crippen molar-refractivity contribution < 1.29 is 24.5 Å². The summed E-state index contributed by atoms with van der Waals surface area (Å²) >= 11 is 0. The Kier molecular flexibility index (Phi) is 79.8. The second-order valence-corrected chi connectivity index (χ2v) is 29.2. The van der Waals surface area contributed by atoms with E-state index in [1.165, 1.54) is 411 Å². The van der Waals surface area contributed by atoms with Crippen LogP contribution in [0.5, 0.6) is 0 Å². The van der Waals surface area contributed by atoms with Crippen LogP contribution in [0.25, 0.3) is 0 Å². The molecule has 0 radical (unpaired) electrons. The van der Waals surface area contributed by atoms with Gasteiger partial charge in [0.15, 0.2) is 0 Å². The van der Waals surface area contributed by atoms with Crippen LogP contribution in [0, 0.1) is 0 Å². The van der Waals surface area contributed by atoms with E-state index in [2.05, 4.69) is 43.5 Å². The number of carbonyl (C=O) groups excluding carboxylic acids is 2. The van der Waals surface area contributed by atoms with Gasteiger partial charge in [-0.25, -0.2) is 0 Å². The Bertz CT molecular complexity index is 1490. The van der Waals surface area contributed by atoms with Crippen molar-refractivity contribution in [2.45, 2.75) is 488 Å². The fourth-order valence-corrected chi connectivity index (χ4v) is 13.5. The van der Waals surface area contributed by atoms with Crippen LogP contribution < -0.4 is 5.32 Å². The average molecular weight is 1290 g/mol. The smallest absolute Gasteiger partial charge is 0.305 e. The van der Waals surface area contributed by atoms with Crippen molar-refractivity contribution in [3.05, 3.63) is 36.5 Å². The Balaban J connectivity index is 3.33. The highest BCUT2D eigenvalue weighted by Crippen LogP contribution is 2.20. The van der Waals surface area contributed by atoms with Crippen LogP contribution in [0.1, 0.15) is 476 Å². The maximum atomic E-state index is 12.5. The van der Waals surface area contributed by atoms with Crippen molar-refractivity contribution in [2.75, 3.05) is 13.2 Å². The number of allylic oxidation sites excluding steroid dienone is 5. The van der Waals surface area contributed by atoms with Crippen molar-refractivity contribution in [1.82, 2.24) is 5.32 Å². The van der Waals surface area contributed by atoms with Crippen LogP contribution in [0.4, 0.5) is 0 Å². The lowest BCUT2D eigenvalue weighted by atomic mass is 10.0. The van der Waals surface area contributed by atoms with E-state index in [-0.39, 0.29) is 18.5 Å². The summed E-state index contributed by atoms with van der Waals surface area (Å²) in [6.07, 6.45) is 107. The number of nitrogens with one attached hydrogen (secondary N) is 1. The first-order valence-corrected chi connectivity index (χ1v) is 42.3. The summed E-state index contributed by atoms with van der Waals surface area (Å²) in [5.41, 5.74) is 0. The Morgan fingerprint density at radius 1 is 0.293 bits per heavy atom. The Morgan fingerprint density at radius 3 is 0.772 bits per heavy atom. The minimum absolute atomic E-state index is 0.0203. The molecule has 6 nitrogen and oxygen atoms in total. The second-order valence-electron chi connectivity index (χ2n) is 29.2. The van der Waals surface area contributed by atoms with E-state index in [1.807, 2.05) is 6.08 Å². The molecule has 0 heterocycles. The predicted octanol–water partition coefficient (Wildman–Crippen LogP) is 28.2. The van der Waals surface area contributed by atoms with Crippen LogP contribution in [0.3, 0.4) is 0 Å². The van der Waals surface area contributed by atoms with Gasteiger partial charge in [-0.05, 0) is 83.5 Å². The number of aliphatic hydroxyl groups is 2. The number of esters is 1. The molecule has 0 fully saturated rings. The summed E-state index contributed by atoms with van der Waals surface area (Å²) in [5.74, 6) is -0.0393. The molecular weight excluding hydrogens is 1130 g/mol. The summed E-state index contributed by atoms with van der Waals surface area (Å²) in [4.78, 5) is 24.7. The zero-order valence-corrected chi connectivity index (χ0v) is 62.6. The van der Waals surface area contributed by atoms with Gasteiger partial charge in [-0.2, -0.15) is 0 Å². The molecule has 0 saturated carbocycles. The van der Waals surface area contributed by atoms with Crippen molar-refractivity contribution in [3.8, 4) is 0 Å². The number of carbonyl (C=O) groups is 2. The van der Waals surface area contributed by atoms with Gasteiger partial charge in [0.1, 0.15) is 0 Å². The zero-order chi connectivity index (χ0) is 66.3. The fraction of sp³-hybridized carbons (Fsp3) is 0.907. The molecule has 0 aliphatic heterocycles. The van der Waals surface area contributed by atoms with Crippen molar-refractivity contribution in [2.24, 2.45) is 0 Å². The predicted molar refractivity (Wildman–Crippen MR) is 407 cm³/mol. The number of unbranched alkanes of at least 4 members (excludes halogenated alkanes) is 65. The molecular formula is C86H165NO5. The van der Waals surface area contributed by atoms with Crippen molar-refractivity contribution >= 4 is 11.9 Å². The first-order chi connectivity index (χ1) is 45.5. The maximum Gasteiger partial charge on any atom is 0.305 e. The molecule has 0 rings (SSSR count). The number of ether oxygens (including phenoxy) is 1. The molecule has 0 spiro atoms. The monoisotopic (exact) mass is 1290 g/mol. The van der Waals surface area contributed by atoms with Crippen LogP contribution in [0.15, 0.2) is 36.5 Å². The lowest BCUT2D eigenvalue weighted by Gasteiger charge is -2.20. The Hall–Kier alpha value is -1.92. The van der Waals surface area contributed by atoms with Gasteiger partial charge in [0.25, 0.3) is 0 Å². The van der Waals surface area contributed by atoms with E-state index in [9.17, 15) is 19.8 Å². The summed E-state index contributed by atoms with van der Waals surface area (Å²) < 4.78 is 5.52. The molecule has 6 heteroatoms. The molecule has 2 atom stereocenters. The fourth-order valence-electron chi connectivity index (χ4n) is 13.5. The lowest BCUT2D eigenvalue weighted by Crippen LogP contribution is -2.45. The van der Waals surface area contributed by atoms with E-state index >= 15 is 0 Å². The van der Waals surface area contributed by atoms with Gasteiger partial charge in [-0.1, -0.05) is 416 Å². The topological polar surface area (TPSA) is 95.9 Å². The van der Waals surface area contributed by atoms with Crippen LogP contribution >= 0.6 is 0 Å². The van der Waals surface area contributed by atoms with Crippen LogP contribution in [-0.2, 0) is 14.3 Å². The number of hydrogen-bond donors (Lipinski definition) is 3. The van der Waals surface area contributed by atoms with Gasteiger partial charge in [-0.3, -0.25) is 9.59 Å². The molecule has 1 amide bonds. The minimum atomic E-state index is -0.842. The normalized spacial score (nSPS) is 12.6. The minimum Gasteiger partial charge on any atom is -0.466 e. The molecule has 544 valence electrons. The summed E-state index contributed by atoms with van der Waals surface area (Å²) in [6, 6.07) is -0.625. The molecule has 92 heavy (non-hydrogen) atoms. The van der Waals surface area contributed by atoms with Gasteiger partial charge < -0.3 is 20.3 Å². The number of amides is 1. The highest BCUT2D eigenvalue weighted by atomic mass is 16.5. The van der Waals surface area contributed by atoms with E-state index in [0.717, 1.165) is 38.5 Å². The van der Waals surface area contributed by atoms with Crippen molar-refractivity contribution in [1.29, 1.82) is 0 Å². The third-order valence-electron chi connectivity index (χ3n) is 19.9. The van der Waals surface area contributed by atoms with E-state index in [4.69, 9.17) is 4.74 Å². The van der Waals surface area contributed by atoms with Crippen LogP contribution in [0.2, 0.25) is 0 Å². The summed E-state index contributed by atoms with van der Waals surface area (Å²) in [5, 5.41) is 23.3. The number of rotatable bonds is 80. The highest BCUT2D eigenvalue weighted by molar-refractivity contribution is 5.76. The van der Waals surface area contributed by atoms with Gasteiger partial charge in [0.05, 0.1) is 25.4 Å². The Morgan fingerprint density at radius 2 is 0.511 bits per heavy atom. The van der Waals surface area contributed by atoms with Crippen molar-refractivity contribution in [3.63, 3.8) is 0 Å². The molecule has 0 bridgehead atoms. The first kappa shape index (κ1) is 90.1. The molecule has 0 aliphatic rings. The first-order valence-electron chi connectivity index (χ1n) is 42.3. The summed E-state index contributed by atoms with van der Waals surface area (Å²) in [7, 11) is 0. The standard InChI is InChI=1S/C86H165NO5/c1-3-5-7-9-11-13-15-17-19-21-46-50-54-58-62-66-70-74-78-84(89)83(82-88)87-85(90)79-75-71-67-63-59-55-51-47-44-42-40-38-36-34-32-30-28-26-24-23-25-27-29-31-33-35-37-39-41-43-45-49-53-57-61-65-69-73-77-81-92-86(91)80-76-72-68-64-60-56-52-48-22-20-18-16-14-12-10-8-6-4-2/h20,22-24,74,78,83-84,88-89H,3-19,21,25-73,75-77,79-82H2,1-2H3,(H,87,90)/b22-20-,24-23-,78-74+.